The van der Waals surface area contributed by atoms with Crippen molar-refractivity contribution in [3.05, 3.63) is 0 Å². The number of hydrogen-bond donors (Lipinski definition) is 2. The molecule has 0 aromatic carbocycles. The van der Waals surface area contributed by atoms with Gasteiger partial charge in [-0.1, -0.05) is 0 Å². The largest absolute Gasteiger partial charge is 0.392 e. The Balaban J connectivity index is 3.40. The molecule has 0 rings (SSSR count). The molecule has 0 saturated heterocycles. The van der Waals surface area contributed by atoms with Crippen LogP contribution in [0.4, 0.5) is 0 Å². The Hall–Kier alpha value is -1.08. The van der Waals surface area contributed by atoms with Gasteiger partial charge >= 0.3 is 0 Å². The molecule has 1 amide bonds. The van der Waals surface area contributed by atoms with Crippen molar-refractivity contribution in [1.29, 1.82) is 5.26 Å². The van der Waals surface area contributed by atoms with Gasteiger partial charge in [0.1, 0.15) is 0 Å². The van der Waals surface area contributed by atoms with Crippen molar-refractivity contribution in [2.75, 3.05) is 0 Å². The van der Waals surface area contributed by atoms with Gasteiger partial charge in [-0.15, -0.1) is 0 Å². The van der Waals surface area contributed by atoms with E-state index in [-0.39, 0.29) is 12.8 Å². The topological polar surface area (TPSA) is 87.1 Å². The van der Waals surface area contributed by atoms with Gasteiger partial charge in [-0.25, -0.2) is 0 Å². The van der Waals surface area contributed by atoms with Gasteiger partial charge in [0.15, 0.2) is 0 Å². The summed E-state index contributed by atoms with van der Waals surface area (Å²) in [6, 6.07) is 1.72. The van der Waals surface area contributed by atoms with Crippen LogP contribution in [0.3, 0.4) is 0 Å². The zero-order valence-corrected chi connectivity index (χ0v) is 4.87. The van der Waals surface area contributed by atoms with E-state index in [9.17, 15) is 4.79 Å². The minimum atomic E-state index is -0.896. The number of aliphatic hydroxyl groups excluding tert-OH is 1. The maximum absolute atomic E-state index is 10.0. The molecule has 1 atom stereocenters. The summed E-state index contributed by atoms with van der Waals surface area (Å²) < 4.78 is 0. The van der Waals surface area contributed by atoms with Gasteiger partial charge in [0, 0.05) is 0 Å². The molecule has 4 heteroatoms. The molecule has 50 valence electrons. The minimum Gasteiger partial charge on any atom is -0.392 e. The molecule has 3 N–H and O–H groups in total. The van der Waals surface area contributed by atoms with E-state index in [0.29, 0.717) is 0 Å². The smallest absolute Gasteiger partial charge is 0.220 e. The van der Waals surface area contributed by atoms with Crippen LogP contribution in [0.1, 0.15) is 12.8 Å². The van der Waals surface area contributed by atoms with Gasteiger partial charge in [0.05, 0.1) is 25.0 Å². The lowest BCUT2D eigenvalue weighted by molar-refractivity contribution is -0.119. The van der Waals surface area contributed by atoms with Gasteiger partial charge in [-0.2, -0.15) is 5.26 Å². The highest BCUT2D eigenvalue weighted by atomic mass is 16.3. The third-order valence-electron chi connectivity index (χ3n) is 0.764. The molecule has 0 spiro atoms. The first-order valence-electron chi connectivity index (χ1n) is 2.50. The van der Waals surface area contributed by atoms with E-state index < -0.39 is 12.0 Å². The maximum Gasteiger partial charge on any atom is 0.220 e. The third-order valence-corrected chi connectivity index (χ3v) is 0.764. The second-order valence-electron chi connectivity index (χ2n) is 1.69. The predicted molar refractivity (Wildman–Crippen MR) is 30.0 cm³/mol. The molecule has 4 nitrogen and oxygen atoms in total. The molecule has 0 radical (unpaired) electrons. The normalized spacial score (nSPS) is 12.0. The van der Waals surface area contributed by atoms with Crippen molar-refractivity contribution in [3.8, 4) is 6.07 Å². The van der Waals surface area contributed by atoms with E-state index in [1.165, 1.54) is 0 Å². The number of amides is 1. The number of carbonyl (C=O) groups is 1. The number of nitrogens with two attached hydrogens (primary N) is 1. The van der Waals surface area contributed by atoms with Crippen molar-refractivity contribution in [2.45, 2.75) is 18.9 Å². The Labute approximate surface area is 52.9 Å². The number of nitriles is 1. The fourth-order valence-corrected chi connectivity index (χ4v) is 0.410. The average molecular weight is 128 g/mol. The Morgan fingerprint density at radius 2 is 2.44 bits per heavy atom. The SMILES string of the molecule is N#CC[C@H](O)CC(N)=O. The summed E-state index contributed by atoms with van der Waals surface area (Å²) >= 11 is 0. The molecule has 0 saturated carbocycles. The van der Waals surface area contributed by atoms with Crippen LogP contribution in [0.5, 0.6) is 0 Å². The monoisotopic (exact) mass is 128 g/mol. The van der Waals surface area contributed by atoms with Crippen LogP contribution in [-0.2, 0) is 4.79 Å². The van der Waals surface area contributed by atoms with Crippen molar-refractivity contribution < 1.29 is 9.90 Å². The van der Waals surface area contributed by atoms with Crippen LogP contribution in [0.15, 0.2) is 0 Å². The molecule has 0 aromatic heterocycles. The van der Waals surface area contributed by atoms with Crippen molar-refractivity contribution in [3.63, 3.8) is 0 Å². The molecular formula is C5H8N2O2. The quantitative estimate of drug-likeness (QED) is 0.518. The predicted octanol–water partition coefficient (Wildman–Crippen LogP) is -0.864. The molecule has 0 aliphatic heterocycles. The molecular weight excluding hydrogens is 120 g/mol. The Bertz CT molecular complexity index is 138. The van der Waals surface area contributed by atoms with E-state index >= 15 is 0 Å². The highest BCUT2D eigenvalue weighted by Crippen LogP contribution is 1.93. The molecule has 0 bridgehead atoms. The highest BCUT2D eigenvalue weighted by Gasteiger charge is 2.05. The van der Waals surface area contributed by atoms with Crippen LogP contribution in [0.2, 0.25) is 0 Å². The summed E-state index contributed by atoms with van der Waals surface area (Å²) in [6.07, 6.45) is -1.07. The second-order valence-corrected chi connectivity index (χ2v) is 1.69. The summed E-state index contributed by atoms with van der Waals surface area (Å²) in [4.78, 5) is 10.0. The van der Waals surface area contributed by atoms with Gasteiger partial charge in [-0.3, -0.25) is 4.79 Å². The number of carbonyl (C=O) groups excluding carboxylic acids is 1. The molecule has 0 fully saturated rings. The van der Waals surface area contributed by atoms with Gasteiger partial charge in [0.2, 0.25) is 5.91 Å². The number of primary amides is 1. The third kappa shape index (κ3) is 4.78. The molecule has 0 aliphatic carbocycles. The summed E-state index contributed by atoms with van der Waals surface area (Å²) in [6.45, 7) is 0. The van der Waals surface area contributed by atoms with Crippen LogP contribution in [0.25, 0.3) is 0 Å². The number of aliphatic hydroxyl groups is 1. The van der Waals surface area contributed by atoms with Crippen LogP contribution in [0, 0.1) is 11.3 Å². The van der Waals surface area contributed by atoms with Gasteiger partial charge < -0.3 is 10.8 Å². The van der Waals surface area contributed by atoms with Crippen LogP contribution < -0.4 is 5.73 Å². The number of rotatable bonds is 3. The van der Waals surface area contributed by atoms with E-state index in [0.717, 1.165) is 0 Å². The Kier molecular flexibility index (Phi) is 3.40. The molecule has 0 aliphatic rings. The van der Waals surface area contributed by atoms with Crippen LogP contribution in [-0.4, -0.2) is 17.1 Å². The maximum atomic E-state index is 10.0. The fourth-order valence-electron chi connectivity index (χ4n) is 0.410. The molecule has 0 heterocycles. The Morgan fingerprint density at radius 3 is 2.78 bits per heavy atom. The van der Waals surface area contributed by atoms with Crippen molar-refractivity contribution in [2.24, 2.45) is 5.73 Å². The first-order valence-corrected chi connectivity index (χ1v) is 2.50. The first kappa shape index (κ1) is 7.92. The summed E-state index contributed by atoms with van der Waals surface area (Å²) in [5, 5.41) is 16.7. The average Bonchev–Trinajstić information content (AvgIpc) is 1.63. The van der Waals surface area contributed by atoms with E-state index in [2.05, 4.69) is 0 Å². The lowest BCUT2D eigenvalue weighted by Crippen LogP contribution is -2.19. The highest BCUT2D eigenvalue weighted by molar-refractivity contribution is 5.74. The minimum absolute atomic E-state index is 0.0388. The first-order chi connectivity index (χ1) is 4.16. The van der Waals surface area contributed by atoms with Gasteiger partial charge in [-0.05, 0) is 0 Å². The lowest BCUT2D eigenvalue weighted by Gasteiger charge is -1.99. The summed E-state index contributed by atoms with van der Waals surface area (Å²) in [5.74, 6) is -0.585. The van der Waals surface area contributed by atoms with E-state index in [1.54, 1.807) is 6.07 Å². The van der Waals surface area contributed by atoms with E-state index in [4.69, 9.17) is 16.1 Å². The van der Waals surface area contributed by atoms with E-state index in [1.807, 2.05) is 0 Å². The fraction of sp³-hybridized carbons (Fsp3) is 0.600. The molecule has 0 aromatic rings. The standard InChI is InChI=1S/C5H8N2O2/c6-2-1-4(8)3-5(7)9/h4,8H,1,3H2,(H2,7,9)/t4-/m0/s1. The van der Waals surface area contributed by atoms with Crippen molar-refractivity contribution >= 4 is 5.91 Å². The second kappa shape index (κ2) is 3.87. The molecule has 0 unspecified atom stereocenters. The summed E-state index contributed by atoms with van der Waals surface area (Å²) in [7, 11) is 0. The number of nitrogens with zero attached hydrogens (tertiary/aromatic N) is 1. The number of hydrogen-bond acceptors (Lipinski definition) is 3. The zero-order chi connectivity index (χ0) is 7.28. The van der Waals surface area contributed by atoms with Gasteiger partial charge in [0.25, 0.3) is 0 Å². The zero-order valence-electron chi connectivity index (χ0n) is 4.87. The van der Waals surface area contributed by atoms with Crippen molar-refractivity contribution in [1.82, 2.24) is 0 Å². The molecule has 9 heavy (non-hydrogen) atoms. The lowest BCUT2D eigenvalue weighted by atomic mass is 10.2. The summed E-state index contributed by atoms with van der Waals surface area (Å²) in [5.41, 5.74) is 4.72. The van der Waals surface area contributed by atoms with Crippen LogP contribution >= 0.6 is 0 Å². The Morgan fingerprint density at radius 1 is 1.89 bits per heavy atom.